The van der Waals surface area contributed by atoms with Crippen LogP contribution in [0.2, 0.25) is 0 Å². The Morgan fingerprint density at radius 3 is 2.25 bits per heavy atom. The van der Waals surface area contributed by atoms with Gasteiger partial charge < -0.3 is 15.0 Å². The Morgan fingerprint density at radius 1 is 1.31 bits per heavy atom. The molecule has 4 nitrogen and oxygen atoms in total. The van der Waals surface area contributed by atoms with E-state index in [1.54, 1.807) is 4.90 Å². The average molecular weight is 224 g/mol. The smallest absolute Gasteiger partial charge is 0.410 e. The van der Waals surface area contributed by atoms with Crippen LogP contribution in [0.3, 0.4) is 0 Å². The summed E-state index contributed by atoms with van der Waals surface area (Å²) in [7, 11) is 0. The summed E-state index contributed by atoms with van der Waals surface area (Å²) >= 11 is 0. The zero-order valence-corrected chi connectivity index (χ0v) is 10.2. The van der Waals surface area contributed by atoms with Crippen LogP contribution in [-0.4, -0.2) is 35.4 Å². The molecule has 0 spiro atoms. The third-order valence-corrected chi connectivity index (χ3v) is 3.25. The number of nitrogens with zero attached hydrogens (tertiary/aromatic N) is 1. The molecule has 2 aliphatic rings. The lowest BCUT2D eigenvalue weighted by atomic mass is 10.0. The van der Waals surface area contributed by atoms with Gasteiger partial charge in [-0.25, -0.2) is 4.79 Å². The normalized spacial score (nSPS) is 29.4. The molecule has 4 heteroatoms. The second kappa shape index (κ2) is 3.75. The van der Waals surface area contributed by atoms with Crippen LogP contribution in [0.25, 0.3) is 0 Å². The van der Waals surface area contributed by atoms with Gasteiger partial charge in [0, 0.05) is 18.8 Å². The molecule has 2 rings (SSSR count). The molecule has 0 unspecified atom stereocenters. The molecule has 1 aliphatic carbocycles. The third-order valence-electron chi connectivity index (χ3n) is 3.25. The maximum atomic E-state index is 11.8. The van der Waals surface area contributed by atoms with Crippen LogP contribution >= 0.6 is 0 Å². The van der Waals surface area contributed by atoms with Gasteiger partial charge in [-0.2, -0.15) is 0 Å². The molecule has 1 saturated heterocycles. The molecule has 16 heavy (non-hydrogen) atoms. The first-order chi connectivity index (χ1) is 7.35. The first kappa shape index (κ1) is 11.4. The van der Waals surface area contributed by atoms with E-state index in [0.717, 1.165) is 31.6 Å². The van der Waals surface area contributed by atoms with Crippen molar-refractivity contribution in [2.24, 2.45) is 11.8 Å². The van der Waals surface area contributed by atoms with Crippen molar-refractivity contribution < 1.29 is 9.53 Å². The molecule has 0 aromatic carbocycles. The van der Waals surface area contributed by atoms with Crippen LogP contribution in [0, 0.1) is 17.2 Å². The zero-order chi connectivity index (χ0) is 11.9. The van der Waals surface area contributed by atoms with Crippen molar-refractivity contribution in [3.05, 3.63) is 0 Å². The van der Waals surface area contributed by atoms with Crippen molar-refractivity contribution in [3.8, 4) is 0 Å². The van der Waals surface area contributed by atoms with E-state index in [9.17, 15) is 4.79 Å². The fourth-order valence-corrected chi connectivity index (χ4v) is 2.59. The lowest BCUT2D eigenvalue weighted by Gasteiger charge is -2.24. The number of hydrogen-bond donors (Lipinski definition) is 1. The van der Waals surface area contributed by atoms with E-state index in [1.807, 2.05) is 20.8 Å². The van der Waals surface area contributed by atoms with Gasteiger partial charge in [-0.15, -0.1) is 0 Å². The summed E-state index contributed by atoms with van der Waals surface area (Å²) in [4.78, 5) is 13.6. The van der Waals surface area contributed by atoms with Crippen molar-refractivity contribution >= 4 is 11.8 Å². The topological polar surface area (TPSA) is 53.4 Å². The van der Waals surface area contributed by atoms with Gasteiger partial charge in [-0.05, 0) is 45.4 Å². The van der Waals surface area contributed by atoms with E-state index < -0.39 is 5.60 Å². The molecule has 0 aromatic heterocycles. The lowest BCUT2D eigenvalue weighted by molar-refractivity contribution is 0.0283. The molecule has 0 aromatic rings. The fourth-order valence-electron chi connectivity index (χ4n) is 2.59. The minimum Gasteiger partial charge on any atom is -0.444 e. The van der Waals surface area contributed by atoms with Crippen LogP contribution < -0.4 is 0 Å². The van der Waals surface area contributed by atoms with Crippen molar-refractivity contribution in [1.29, 1.82) is 5.41 Å². The first-order valence-electron chi connectivity index (χ1n) is 5.89. The summed E-state index contributed by atoms with van der Waals surface area (Å²) in [5.41, 5.74) is 0.431. The van der Waals surface area contributed by atoms with Crippen molar-refractivity contribution in [2.75, 3.05) is 13.1 Å². The number of fused-ring (bicyclic) bond motifs is 1. The number of rotatable bonds is 0. The molecule has 1 amide bonds. The van der Waals surface area contributed by atoms with Crippen molar-refractivity contribution in [1.82, 2.24) is 4.90 Å². The monoisotopic (exact) mass is 224 g/mol. The maximum Gasteiger partial charge on any atom is 0.410 e. The average Bonchev–Trinajstić information content (AvgIpc) is 2.56. The molecular formula is C12H20N2O2. The lowest BCUT2D eigenvalue weighted by Crippen LogP contribution is -2.36. The Bertz CT molecular complexity index is 303. The molecule has 90 valence electrons. The number of nitrogens with one attached hydrogen (secondary N) is 1. The fraction of sp³-hybridized carbons (Fsp3) is 0.833. The molecule has 1 N–H and O–H groups in total. The quantitative estimate of drug-likeness (QED) is 0.686. The molecule has 0 radical (unpaired) electrons. The van der Waals surface area contributed by atoms with E-state index >= 15 is 0 Å². The molecule has 2 atom stereocenters. The Balaban J connectivity index is 1.90. The van der Waals surface area contributed by atoms with E-state index in [4.69, 9.17) is 10.1 Å². The largest absolute Gasteiger partial charge is 0.444 e. The minimum absolute atomic E-state index is 0.201. The van der Waals surface area contributed by atoms with Gasteiger partial charge >= 0.3 is 6.09 Å². The van der Waals surface area contributed by atoms with Crippen LogP contribution in [0.1, 0.15) is 33.6 Å². The summed E-state index contributed by atoms with van der Waals surface area (Å²) in [6, 6.07) is 0. The number of hydrogen-bond acceptors (Lipinski definition) is 3. The van der Waals surface area contributed by atoms with Crippen molar-refractivity contribution in [3.63, 3.8) is 0 Å². The molecule has 2 fully saturated rings. The van der Waals surface area contributed by atoms with Gasteiger partial charge in [0.1, 0.15) is 5.60 Å². The number of ether oxygens (including phenoxy) is 1. The zero-order valence-electron chi connectivity index (χ0n) is 10.2. The van der Waals surface area contributed by atoms with E-state index in [0.29, 0.717) is 11.8 Å². The molecule has 1 saturated carbocycles. The van der Waals surface area contributed by atoms with Crippen LogP contribution in [0.15, 0.2) is 0 Å². The highest BCUT2D eigenvalue weighted by molar-refractivity contribution is 5.84. The molecule has 1 aliphatic heterocycles. The van der Waals surface area contributed by atoms with E-state index in [-0.39, 0.29) is 6.09 Å². The summed E-state index contributed by atoms with van der Waals surface area (Å²) < 4.78 is 5.35. The van der Waals surface area contributed by atoms with Crippen LogP contribution in [-0.2, 0) is 4.74 Å². The van der Waals surface area contributed by atoms with Gasteiger partial charge in [-0.3, -0.25) is 0 Å². The van der Waals surface area contributed by atoms with Gasteiger partial charge in [0.05, 0.1) is 0 Å². The van der Waals surface area contributed by atoms with Gasteiger partial charge in [0.15, 0.2) is 0 Å². The molecular weight excluding hydrogens is 204 g/mol. The standard InChI is InChI=1S/C12H20N2O2/c1-12(2,3)16-11(15)14-6-8-4-10(13)5-9(8)7-14/h8-9,13H,4-7H2,1-3H3/t8-,9-/m1/s1. The number of likely N-dealkylation sites (tertiary alicyclic amines) is 1. The van der Waals surface area contributed by atoms with Crippen LogP contribution in [0.4, 0.5) is 4.79 Å². The summed E-state index contributed by atoms with van der Waals surface area (Å²) in [6.45, 7) is 7.19. The Labute approximate surface area is 96.5 Å². The molecule has 0 bridgehead atoms. The number of carbonyl (C=O) groups excluding carboxylic acids is 1. The second-order valence-electron chi connectivity index (χ2n) is 5.92. The highest BCUT2D eigenvalue weighted by Crippen LogP contribution is 2.36. The first-order valence-corrected chi connectivity index (χ1v) is 5.89. The Hall–Kier alpha value is -1.06. The Morgan fingerprint density at radius 2 is 1.81 bits per heavy atom. The van der Waals surface area contributed by atoms with E-state index in [2.05, 4.69) is 0 Å². The highest BCUT2D eigenvalue weighted by atomic mass is 16.6. The Kier molecular flexibility index (Phi) is 2.68. The number of carbonyl (C=O) groups is 1. The predicted molar refractivity (Wildman–Crippen MR) is 61.7 cm³/mol. The second-order valence-corrected chi connectivity index (χ2v) is 5.92. The predicted octanol–water partition coefficient (Wildman–Crippen LogP) is 2.28. The highest BCUT2D eigenvalue weighted by Gasteiger charge is 2.41. The third kappa shape index (κ3) is 2.36. The van der Waals surface area contributed by atoms with Gasteiger partial charge in [-0.1, -0.05) is 0 Å². The van der Waals surface area contributed by atoms with Gasteiger partial charge in [0.25, 0.3) is 0 Å². The SMILES string of the molecule is CC(C)(C)OC(=O)N1C[C@H]2CC(=N)C[C@@H]2C1. The number of amides is 1. The van der Waals surface area contributed by atoms with Gasteiger partial charge in [0.2, 0.25) is 0 Å². The summed E-state index contributed by atoms with van der Waals surface area (Å²) in [5.74, 6) is 1.00. The van der Waals surface area contributed by atoms with Crippen molar-refractivity contribution in [2.45, 2.75) is 39.2 Å². The maximum absolute atomic E-state index is 11.8. The molecule has 1 heterocycles. The summed E-state index contributed by atoms with van der Waals surface area (Å²) in [6.07, 6.45) is 1.53. The summed E-state index contributed by atoms with van der Waals surface area (Å²) in [5, 5.41) is 7.63. The van der Waals surface area contributed by atoms with Crippen LogP contribution in [0.5, 0.6) is 0 Å². The van der Waals surface area contributed by atoms with E-state index in [1.165, 1.54) is 0 Å². The minimum atomic E-state index is -0.415.